The summed E-state index contributed by atoms with van der Waals surface area (Å²) < 4.78 is 0. The molecule has 0 spiro atoms. The van der Waals surface area contributed by atoms with E-state index in [1.54, 1.807) is 12.1 Å². The first kappa shape index (κ1) is 16.7. The van der Waals surface area contributed by atoms with Gasteiger partial charge in [-0.3, -0.25) is 0 Å². The van der Waals surface area contributed by atoms with Crippen molar-refractivity contribution in [3.63, 3.8) is 0 Å². The van der Waals surface area contributed by atoms with E-state index >= 15 is 0 Å². The van der Waals surface area contributed by atoms with Crippen molar-refractivity contribution in [3.8, 4) is 0 Å². The lowest BCUT2D eigenvalue weighted by Crippen LogP contribution is -2.25. The van der Waals surface area contributed by atoms with E-state index in [1.807, 2.05) is 12.1 Å². The Balaban J connectivity index is 2.48. The Labute approximate surface area is 122 Å². The molecule has 0 aliphatic rings. The first-order valence-electron chi connectivity index (χ1n) is 7.57. The van der Waals surface area contributed by atoms with Crippen LogP contribution in [0.15, 0.2) is 24.3 Å². The molecule has 0 radical (unpaired) electrons. The topological polar surface area (TPSA) is 40.5 Å². The van der Waals surface area contributed by atoms with Gasteiger partial charge in [-0.15, -0.1) is 0 Å². The van der Waals surface area contributed by atoms with Gasteiger partial charge in [0.25, 0.3) is 0 Å². The number of hydrogen-bond acceptors (Lipinski definition) is 2. The number of aromatic carboxylic acids is 1. The number of carboxylic acid groups (broad SMARTS) is 1. The van der Waals surface area contributed by atoms with E-state index in [1.165, 1.54) is 31.2 Å². The molecule has 0 fully saturated rings. The maximum Gasteiger partial charge on any atom is 0.335 e. The summed E-state index contributed by atoms with van der Waals surface area (Å²) in [7, 11) is 2.14. The maximum atomic E-state index is 10.8. The normalized spacial score (nSPS) is 12.6. The van der Waals surface area contributed by atoms with Gasteiger partial charge < -0.3 is 10.0 Å². The summed E-state index contributed by atoms with van der Waals surface area (Å²) in [6, 6.07) is 7.18. The van der Waals surface area contributed by atoms with Crippen LogP contribution in [0.4, 0.5) is 0 Å². The maximum absolute atomic E-state index is 10.8. The summed E-state index contributed by atoms with van der Waals surface area (Å²) in [5, 5.41) is 8.88. The van der Waals surface area contributed by atoms with E-state index in [0.717, 1.165) is 19.0 Å². The van der Waals surface area contributed by atoms with Crippen LogP contribution < -0.4 is 0 Å². The quantitative estimate of drug-likeness (QED) is 0.740. The molecule has 3 nitrogen and oxygen atoms in total. The van der Waals surface area contributed by atoms with Crippen molar-refractivity contribution in [2.75, 3.05) is 13.6 Å². The Morgan fingerprint density at radius 3 is 2.40 bits per heavy atom. The van der Waals surface area contributed by atoms with Crippen molar-refractivity contribution in [2.24, 2.45) is 5.92 Å². The van der Waals surface area contributed by atoms with Crippen LogP contribution in [-0.2, 0) is 6.54 Å². The minimum Gasteiger partial charge on any atom is -0.478 e. The number of benzene rings is 1. The van der Waals surface area contributed by atoms with Gasteiger partial charge in [-0.2, -0.15) is 0 Å². The highest BCUT2D eigenvalue weighted by atomic mass is 16.4. The van der Waals surface area contributed by atoms with Crippen molar-refractivity contribution in [1.82, 2.24) is 4.90 Å². The van der Waals surface area contributed by atoms with Crippen LogP contribution in [0.2, 0.25) is 0 Å². The standard InChI is InChI=1S/C17H27NO2/c1-4-6-7-14(5-2)12-18(3)13-15-8-10-16(11-9-15)17(19)20/h8-11,14H,4-7,12-13H2,1-3H3,(H,19,20). The average molecular weight is 277 g/mol. The fraction of sp³-hybridized carbons (Fsp3) is 0.588. The SMILES string of the molecule is CCCCC(CC)CN(C)Cc1ccc(C(=O)O)cc1. The highest BCUT2D eigenvalue weighted by Crippen LogP contribution is 2.15. The molecule has 0 bridgehead atoms. The molecule has 1 rings (SSSR count). The summed E-state index contributed by atoms with van der Waals surface area (Å²) in [4.78, 5) is 13.1. The van der Waals surface area contributed by atoms with Crippen LogP contribution in [0.3, 0.4) is 0 Å². The molecule has 0 heterocycles. The van der Waals surface area contributed by atoms with Gasteiger partial charge in [0, 0.05) is 13.1 Å². The van der Waals surface area contributed by atoms with Crippen molar-refractivity contribution in [3.05, 3.63) is 35.4 Å². The number of rotatable bonds is 9. The zero-order valence-electron chi connectivity index (χ0n) is 12.9. The summed E-state index contributed by atoms with van der Waals surface area (Å²) >= 11 is 0. The number of unbranched alkanes of at least 4 members (excludes halogenated alkanes) is 1. The molecule has 0 saturated heterocycles. The van der Waals surface area contributed by atoms with Crippen molar-refractivity contribution in [2.45, 2.75) is 46.1 Å². The summed E-state index contributed by atoms with van der Waals surface area (Å²) in [5.41, 5.74) is 1.52. The number of hydrogen-bond donors (Lipinski definition) is 1. The van der Waals surface area contributed by atoms with Crippen LogP contribution in [0, 0.1) is 5.92 Å². The third-order valence-electron chi connectivity index (χ3n) is 3.77. The van der Waals surface area contributed by atoms with Gasteiger partial charge in [0.2, 0.25) is 0 Å². The zero-order chi connectivity index (χ0) is 15.0. The molecule has 1 atom stereocenters. The summed E-state index contributed by atoms with van der Waals surface area (Å²) in [6.45, 7) is 6.48. The van der Waals surface area contributed by atoms with Gasteiger partial charge in [-0.25, -0.2) is 4.79 Å². The average Bonchev–Trinajstić information content (AvgIpc) is 2.43. The van der Waals surface area contributed by atoms with E-state index < -0.39 is 5.97 Å². The van der Waals surface area contributed by atoms with Gasteiger partial charge >= 0.3 is 5.97 Å². The molecule has 20 heavy (non-hydrogen) atoms. The predicted octanol–water partition coefficient (Wildman–Crippen LogP) is 4.03. The van der Waals surface area contributed by atoms with Crippen molar-refractivity contribution < 1.29 is 9.90 Å². The van der Waals surface area contributed by atoms with Gasteiger partial charge in [0.15, 0.2) is 0 Å². The van der Waals surface area contributed by atoms with Crippen LogP contribution in [0.5, 0.6) is 0 Å². The smallest absolute Gasteiger partial charge is 0.335 e. The fourth-order valence-electron chi connectivity index (χ4n) is 2.49. The zero-order valence-corrected chi connectivity index (χ0v) is 12.9. The monoisotopic (exact) mass is 277 g/mol. The highest BCUT2D eigenvalue weighted by molar-refractivity contribution is 5.87. The minimum absolute atomic E-state index is 0.353. The molecule has 1 aromatic rings. The van der Waals surface area contributed by atoms with Crippen LogP contribution >= 0.6 is 0 Å². The summed E-state index contributed by atoms with van der Waals surface area (Å²) in [6.07, 6.45) is 5.09. The third kappa shape index (κ3) is 5.74. The van der Waals surface area contributed by atoms with E-state index in [4.69, 9.17) is 5.11 Å². The van der Waals surface area contributed by atoms with Gasteiger partial charge in [-0.05, 0) is 37.1 Å². The Hall–Kier alpha value is -1.35. The second-order valence-electron chi connectivity index (χ2n) is 5.62. The second-order valence-corrected chi connectivity index (χ2v) is 5.62. The number of carboxylic acids is 1. The first-order valence-corrected chi connectivity index (χ1v) is 7.57. The largest absolute Gasteiger partial charge is 0.478 e. The third-order valence-corrected chi connectivity index (χ3v) is 3.77. The number of nitrogens with zero attached hydrogens (tertiary/aromatic N) is 1. The Morgan fingerprint density at radius 2 is 1.90 bits per heavy atom. The first-order chi connectivity index (χ1) is 9.56. The fourth-order valence-corrected chi connectivity index (χ4v) is 2.49. The molecule has 1 unspecified atom stereocenters. The Kier molecular flexibility index (Phi) is 7.31. The molecule has 1 N–H and O–H groups in total. The van der Waals surface area contributed by atoms with Crippen molar-refractivity contribution >= 4 is 5.97 Å². The van der Waals surface area contributed by atoms with Gasteiger partial charge in [0.1, 0.15) is 0 Å². The number of carbonyl (C=O) groups is 1. The van der Waals surface area contributed by atoms with Crippen LogP contribution in [0.1, 0.15) is 55.5 Å². The molecule has 0 aliphatic heterocycles. The van der Waals surface area contributed by atoms with E-state index in [9.17, 15) is 4.79 Å². The molecule has 3 heteroatoms. The van der Waals surface area contributed by atoms with E-state index in [-0.39, 0.29) is 0 Å². The molecular weight excluding hydrogens is 250 g/mol. The molecular formula is C17H27NO2. The molecule has 1 aromatic carbocycles. The lowest BCUT2D eigenvalue weighted by molar-refractivity contribution is 0.0697. The Bertz CT molecular complexity index is 400. The van der Waals surface area contributed by atoms with E-state index in [0.29, 0.717) is 5.56 Å². The minimum atomic E-state index is -0.865. The Morgan fingerprint density at radius 1 is 1.25 bits per heavy atom. The highest BCUT2D eigenvalue weighted by Gasteiger charge is 2.10. The molecule has 0 saturated carbocycles. The van der Waals surface area contributed by atoms with Gasteiger partial charge in [-0.1, -0.05) is 45.2 Å². The lowest BCUT2D eigenvalue weighted by atomic mass is 9.98. The van der Waals surface area contributed by atoms with Crippen LogP contribution in [-0.4, -0.2) is 29.6 Å². The molecule has 0 aliphatic carbocycles. The molecule has 0 amide bonds. The van der Waals surface area contributed by atoms with E-state index in [2.05, 4.69) is 25.8 Å². The molecule has 112 valence electrons. The molecule has 0 aromatic heterocycles. The second kappa shape index (κ2) is 8.75. The summed E-state index contributed by atoms with van der Waals surface area (Å²) in [5.74, 6) is -0.103. The van der Waals surface area contributed by atoms with Gasteiger partial charge in [0.05, 0.1) is 5.56 Å². The lowest BCUT2D eigenvalue weighted by Gasteiger charge is -2.23. The van der Waals surface area contributed by atoms with Crippen molar-refractivity contribution in [1.29, 1.82) is 0 Å². The van der Waals surface area contributed by atoms with Crippen LogP contribution in [0.25, 0.3) is 0 Å². The predicted molar refractivity (Wildman–Crippen MR) is 83.0 cm³/mol.